The highest BCUT2D eigenvalue weighted by atomic mass is 16.2. The molecule has 0 bridgehead atoms. The maximum absolute atomic E-state index is 12.7. The van der Waals surface area contributed by atoms with Gasteiger partial charge in [0.2, 0.25) is 5.91 Å². The van der Waals surface area contributed by atoms with E-state index in [2.05, 4.69) is 39.8 Å². The fraction of sp³-hybridized carbons (Fsp3) is 0.588. The SMILES string of the molecule is CCCC(C(=O)N(CC)CC(C)C)c1ccccc1. The van der Waals surface area contributed by atoms with Gasteiger partial charge in [-0.15, -0.1) is 0 Å². The van der Waals surface area contributed by atoms with Crippen molar-refractivity contribution in [3.8, 4) is 0 Å². The summed E-state index contributed by atoms with van der Waals surface area (Å²) in [5.74, 6) is 0.816. The Labute approximate surface area is 117 Å². The quantitative estimate of drug-likeness (QED) is 0.724. The van der Waals surface area contributed by atoms with Crippen molar-refractivity contribution in [1.29, 1.82) is 0 Å². The van der Waals surface area contributed by atoms with Gasteiger partial charge >= 0.3 is 0 Å². The third kappa shape index (κ3) is 4.70. The average molecular weight is 261 g/mol. The molecule has 1 unspecified atom stereocenters. The summed E-state index contributed by atoms with van der Waals surface area (Å²) in [5, 5.41) is 0. The van der Waals surface area contributed by atoms with Crippen LogP contribution >= 0.6 is 0 Å². The highest BCUT2D eigenvalue weighted by molar-refractivity contribution is 5.83. The topological polar surface area (TPSA) is 20.3 Å². The van der Waals surface area contributed by atoms with Gasteiger partial charge in [0, 0.05) is 13.1 Å². The van der Waals surface area contributed by atoms with Crippen molar-refractivity contribution in [2.45, 2.75) is 46.5 Å². The van der Waals surface area contributed by atoms with Crippen molar-refractivity contribution >= 4 is 5.91 Å². The number of hydrogen-bond donors (Lipinski definition) is 0. The van der Waals surface area contributed by atoms with Gasteiger partial charge in [-0.3, -0.25) is 4.79 Å². The van der Waals surface area contributed by atoms with Crippen molar-refractivity contribution in [2.75, 3.05) is 13.1 Å². The molecular formula is C17H27NO. The zero-order valence-electron chi connectivity index (χ0n) is 12.7. The van der Waals surface area contributed by atoms with E-state index in [-0.39, 0.29) is 11.8 Å². The number of carbonyl (C=O) groups is 1. The monoisotopic (exact) mass is 261 g/mol. The van der Waals surface area contributed by atoms with Crippen LogP contribution in [0.4, 0.5) is 0 Å². The van der Waals surface area contributed by atoms with E-state index in [1.165, 1.54) is 0 Å². The van der Waals surface area contributed by atoms with Crippen LogP contribution in [0.3, 0.4) is 0 Å². The third-order valence-electron chi connectivity index (χ3n) is 3.36. The minimum Gasteiger partial charge on any atom is -0.342 e. The molecule has 0 aromatic heterocycles. The predicted octanol–water partition coefficient (Wildman–Crippen LogP) is 4.07. The number of carbonyl (C=O) groups excluding carboxylic acids is 1. The summed E-state index contributed by atoms with van der Waals surface area (Å²) < 4.78 is 0. The Morgan fingerprint density at radius 3 is 2.26 bits per heavy atom. The molecule has 0 fully saturated rings. The maximum atomic E-state index is 12.7. The summed E-state index contributed by atoms with van der Waals surface area (Å²) in [6.07, 6.45) is 1.96. The van der Waals surface area contributed by atoms with Crippen LogP contribution in [-0.4, -0.2) is 23.9 Å². The predicted molar refractivity (Wildman–Crippen MR) is 81.2 cm³/mol. The lowest BCUT2D eigenvalue weighted by molar-refractivity contribution is -0.133. The molecule has 1 aromatic rings. The van der Waals surface area contributed by atoms with Crippen molar-refractivity contribution in [2.24, 2.45) is 5.92 Å². The first-order valence-electron chi connectivity index (χ1n) is 7.43. The van der Waals surface area contributed by atoms with Crippen LogP contribution < -0.4 is 0 Å². The number of benzene rings is 1. The van der Waals surface area contributed by atoms with Gasteiger partial charge in [0.05, 0.1) is 5.92 Å². The Kier molecular flexibility index (Phi) is 6.61. The smallest absolute Gasteiger partial charge is 0.230 e. The standard InChI is InChI=1S/C17H27NO/c1-5-10-16(15-11-8-7-9-12-15)17(19)18(6-2)13-14(3)4/h7-9,11-12,14,16H,5-6,10,13H2,1-4H3. The van der Waals surface area contributed by atoms with Crippen LogP contribution in [0.15, 0.2) is 30.3 Å². The molecule has 2 nitrogen and oxygen atoms in total. The number of hydrogen-bond acceptors (Lipinski definition) is 1. The molecule has 0 N–H and O–H groups in total. The van der Waals surface area contributed by atoms with Crippen LogP contribution in [0, 0.1) is 5.92 Å². The highest BCUT2D eigenvalue weighted by Crippen LogP contribution is 2.24. The van der Waals surface area contributed by atoms with Crippen LogP contribution in [0.2, 0.25) is 0 Å². The molecule has 0 aliphatic heterocycles. The number of amides is 1. The van der Waals surface area contributed by atoms with Gasteiger partial charge in [0.15, 0.2) is 0 Å². The fourth-order valence-electron chi connectivity index (χ4n) is 2.44. The van der Waals surface area contributed by atoms with Gasteiger partial charge in [-0.1, -0.05) is 57.5 Å². The summed E-state index contributed by atoms with van der Waals surface area (Å²) in [5.41, 5.74) is 1.15. The second-order valence-electron chi connectivity index (χ2n) is 5.52. The van der Waals surface area contributed by atoms with Crippen LogP contribution in [0.5, 0.6) is 0 Å². The molecule has 1 amide bonds. The summed E-state index contributed by atoms with van der Waals surface area (Å²) >= 11 is 0. The van der Waals surface area contributed by atoms with Gasteiger partial charge in [-0.2, -0.15) is 0 Å². The molecular weight excluding hydrogens is 234 g/mol. The Morgan fingerprint density at radius 1 is 1.16 bits per heavy atom. The minimum absolute atomic E-state index is 0.0184. The molecule has 0 radical (unpaired) electrons. The van der Waals surface area contributed by atoms with E-state index >= 15 is 0 Å². The fourth-order valence-corrected chi connectivity index (χ4v) is 2.44. The number of nitrogens with zero attached hydrogens (tertiary/aromatic N) is 1. The molecule has 106 valence electrons. The Morgan fingerprint density at radius 2 is 1.79 bits per heavy atom. The van der Waals surface area contributed by atoms with Crippen LogP contribution in [-0.2, 0) is 4.79 Å². The summed E-state index contributed by atoms with van der Waals surface area (Å²) in [4.78, 5) is 14.7. The normalized spacial score (nSPS) is 12.5. The van der Waals surface area contributed by atoms with Gasteiger partial charge in [-0.05, 0) is 24.8 Å². The number of likely N-dealkylation sites (N-methyl/N-ethyl adjacent to an activating group) is 1. The van der Waals surface area contributed by atoms with E-state index in [4.69, 9.17) is 0 Å². The molecule has 0 spiro atoms. The second kappa shape index (κ2) is 7.98. The molecule has 0 heterocycles. The Hall–Kier alpha value is -1.31. The van der Waals surface area contributed by atoms with Gasteiger partial charge in [0.1, 0.15) is 0 Å². The van der Waals surface area contributed by atoms with E-state index in [9.17, 15) is 4.79 Å². The Bertz CT molecular complexity index is 372. The van der Waals surface area contributed by atoms with E-state index in [1.54, 1.807) is 0 Å². The average Bonchev–Trinajstić information content (AvgIpc) is 2.42. The van der Waals surface area contributed by atoms with Crippen LogP contribution in [0.25, 0.3) is 0 Å². The molecule has 2 heteroatoms. The van der Waals surface area contributed by atoms with E-state index < -0.39 is 0 Å². The zero-order valence-corrected chi connectivity index (χ0v) is 12.7. The van der Waals surface area contributed by atoms with Crippen molar-refractivity contribution in [1.82, 2.24) is 4.90 Å². The van der Waals surface area contributed by atoms with E-state index in [1.807, 2.05) is 23.1 Å². The molecule has 0 saturated heterocycles. The first-order valence-corrected chi connectivity index (χ1v) is 7.43. The molecule has 0 saturated carbocycles. The van der Waals surface area contributed by atoms with Crippen LogP contribution in [0.1, 0.15) is 52.0 Å². The Balaban J connectivity index is 2.89. The van der Waals surface area contributed by atoms with E-state index in [0.29, 0.717) is 5.92 Å². The maximum Gasteiger partial charge on any atom is 0.230 e. The van der Waals surface area contributed by atoms with Gasteiger partial charge in [-0.25, -0.2) is 0 Å². The van der Waals surface area contributed by atoms with E-state index in [0.717, 1.165) is 31.5 Å². The molecule has 19 heavy (non-hydrogen) atoms. The van der Waals surface area contributed by atoms with Crippen molar-refractivity contribution in [3.63, 3.8) is 0 Å². The largest absolute Gasteiger partial charge is 0.342 e. The first-order chi connectivity index (χ1) is 9.10. The highest BCUT2D eigenvalue weighted by Gasteiger charge is 2.24. The van der Waals surface area contributed by atoms with Crippen molar-refractivity contribution in [3.05, 3.63) is 35.9 Å². The summed E-state index contributed by atoms with van der Waals surface area (Å²) in [7, 11) is 0. The lowest BCUT2D eigenvalue weighted by Gasteiger charge is -2.28. The molecule has 0 aliphatic carbocycles. The lowest BCUT2D eigenvalue weighted by atomic mass is 9.93. The molecule has 0 aliphatic rings. The van der Waals surface area contributed by atoms with Gasteiger partial charge < -0.3 is 4.90 Å². The summed E-state index contributed by atoms with van der Waals surface area (Å²) in [6.45, 7) is 10.2. The zero-order chi connectivity index (χ0) is 14.3. The summed E-state index contributed by atoms with van der Waals surface area (Å²) in [6, 6.07) is 10.2. The lowest BCUT2D eigenvalue weighted by Crippen LogP contribution is -2.37. The first kappa shape index (κ1) is 15.7. The molecule has 1 atom stereocenters. The second-order valence-corrected chi connectivity index (χ2v) is 5.52. The van der Waals surface area contributed by atoms with Gasteiger partial charge in [0.25, 0.3) is 0 Å². The van der Waals surface area contributed by atoms with Crippen molar-refractivity contribution < 1.29 is 4.79 Å². The molecule has 1 aromatic carbocycles. The number of rotatable bonds is 7. The molecule has 1 rings (SSSR count). The minimum atomic E-state index is 0.0184. The third-order valence-corrected chi connectivity index (χ3v) is 3.36.